The van der Waals surface area contributed by atoms with Gasteiger partial charge in [0.05, 0.1) is 0 Å². The summed E-state index contributed by atoms with van der Waals surface area (Å²) in [6, 6.07) is 11.8. The molecule has 2 aromatic rings. The fourth-order valence-electron chi connectivity index (χ4n) is 2.41. The largest absolute Gasteiger partial charge is 0.474 e. The van der Waals surface area contributed by atoms with Gasteiger partial charge in [0.2, 0.25) is 11.8 Å². The number of hydrogen-bond acceptors (Lipinski definition) is 4. The van der Waals surface area contributed by atoms with Gasteiger partial charge in [0.1, 0.15) is 18.5 Å². The predicted molar refractivity (Wildman–Crippen MR) is 88.7 cm³/mol. The zero-order chi connectivity index (χ0) is 15.2. The van der Waals surface area contributed by atoms with Crippen molar-refractivity contribution in [1.82, 2.24) is 10.3 Å². The van der Waals surface area contributed by atoms with E-state index in [1.54, 1.807) is 12.1 Å². The SMILES string of the molecule is Cl.Fc1cccc(COc2cccc(OC3CCNCC3)n2)c1. The minimum atomic E-state index is -0.267. The third kappa shape index (κ3) is 5.37. The lowest BCUT2D eigenvalue weighted by atomic mass is 10.1. The molecule has 4 nitrogen and oxygen atoms in total. The molecule has 1 aromatic heterocycles. The zero-order valence-electron chi connectivity index (χ0n) is 12.7. The van der Waals surface area contributed by atoms with Crippen LogP contribution in [0.4, 0.5) is 4.39 Å². The van der Waals surface area contributed by atoms with E-state index in [0.29, 0.717) is 11.8 Å². The standard InChI is InChI=1S/C17H19FN2O2.ClH/c18-14-4-1-3-13(11-14)12-21-16-5-2-6-17(20-16)22-15-7-9-19-10-8-15;/h1-6,11,15,19H,7-10,12H2;1H. The molecule has 23 heavy (non-hydrogen) atoms. The van der Waals surface area contributed by atoms with Gasteiger partial charge in [-0.15, -0.1) is 12.4 Å². The molecule has 1 saturated heterocycles. The molecule has 2 heterocycles. The van der Waals surface area contributed by atoms with Crippen LogP contribution in [0, 0.1) is 5.82 Å². The number of nitrogens with zero attached hydrogens (tertiary/aromatic N) is 1. The summed E-state index contributed by atoms with van der Waals surface area (Å²) in [4.78, 5) is 4.35. The minimum Gasteiger partial charge on any atom is -0.474 e. The molecular weight excluding hydrogens is 319 g/mol. The maximum Gasteiger partial charge on any atom is 0.216 e. The summed E-state index contributed by atoms with van der Waals surface area (Å²) in [6.07, 6.45) is 2.17. The molecule has 1 aromatic carbocycles. The molecule has 1 aliphatic rings. The summed E-state index contributed by atoms with van der Waals surface area (Å²) in [5.74, 6) is 0.788. The van der Waals surface area contributed by atoms with Crippen LogP contribution in [-0.4, -0.2) is 24.2 Å². The molecule has 3 rings (SSSR count). The third-order valence-electron chi connectivity index (χ3n) is 3.55. The highest BCUT2D eigenvalue weighted by Gasteiger charge is 2.15. The fraction of sp³-hybridized carbons (Fsp3) is 0.353. The number of halogens is 2. The first-order valence-electron chi connectivity index (χ1n) is 7.51. The molecule has 1 aliphatic heterocycles. The first-order valence-corrected chi connectivity index (χ1v) is 7.51. The average molecular weight is 339 g/mol. The van der Waals surface area contributed by atoms with Crippen LogP contribution in [0.1, 0.15) is 18.4 Å². The van der Waals surface area contributed by atoms with Crippen molar-refractivity contribution in [2.45, 2.75) is 25.6 Å². The van der Waals surface area contributed by atoms with Crippen molar-refractivity contribution >= 4 is 12.4 Å². The second kappa shape index (κ2) is 8.70. The molecule has 0 unspecified atom stereocenters. The predicted octanol–water partition coefficient (Wildman–Crippen LogP) is 3.35. The lowest BCUT2D eigenvalue weighted by Crippen LogP contribution is -2.34. The van der Waals surface area contributed by atoms with E-state index < -0.39 is 0 Å². The van der Waals surface area contributed by atoms with Crippen LogP contribution in [0.25, 0.3) is 0 Å². The van der Waals surface area contributed by atoms with Gasteiger partial charge in [-0.1, -0.05) is 18.2 Å². The molecule has 1 fully saturated rings. The van der Waals surface area contributed by atoms with E-state index in [1.165, 1.54) is 12.1 Å². The van der Waals surface area contributed by atoms with E-state index in [-0.39, 0.29) is 30.9 Å². The van der Waals surface area contributed by atoms with Crippen LogP contribution in [0.5, 0.6) is 11.8 Å². The lowest BCUT2D eigenvalue weighted by Gasteiger charge is -2.23. The quantitative estimate of drug-likeness (QED) is 0.908. The first-order chi connectivity index (χ1) is 10.8. The molecule has 0 bridgehead atoms. The summed E-state index contributed by atoms with van der Waals surface area (Å²) in [7, 11) is 0. The van der Waals surface area contributed by atoms with E-state index in [0.717, 1.165) is 31.5 Å². The number of pyridine rings is 1. The Kier molecular flexibility index (Phi) is 6.62. The summed E-state index contributed by atoms with van der Waals surface area (Å²) in [5.41, 5.74) is 0.770. The molecule has 1 N–H and O–H groups in total. The van der Waals surface area contributed by atoms with E-state index >= 15 is 0 Å². The molecular formula is C17H20ClFN2O2. The Morgan fingerprint density at radius 2 is 1.83 bits per heavy atom. The fourth-order valence-corrected chi connectivity index (χ4v) is 2.41. The smallest absolute Gasteiger partial charge is 0.216 e. The van der Waals surface area contributed by atoms with E-state index in [9.17, 15) is 4.39 Å². The van der Waals surface area contributed by atoms with E-state index in [4.69, 9.17) is 9.47 Å². The normalized spacial score (nSPS) is 14.8. The Balaban J connectivity index is 0.00000192. The highest BCUT2D eigenvalue weighted by Crippen LogP contribution is 2.18. The van der Waals surface area contributed by atoms with Gasteiger partial charge in [-0.2, -0.15) is 4.98 Å². The van der Waals surface area contributed by atoms with Crippen LogP contribution < -0.4 is 14.8 Å². The molecule has 0 saturated carbocycles. The lowest BCUT2D eigenvalue weighted by molar-refractivity contribution is 0.153. The van der Waals surface area contributed by atoms with Gasteiger partial charge in [0, 0.05) is 12.1 Å². The van der Waals surface area contributed by atoms with E-state index in [2.05, 4.69) is 10.3 Å². The van der Waals surface area contributed by atoms with Crippen molar-refractivity contribution in [3.8, 4) is 11.8 Å². The van der Waals surface area contributed by atoms with Crippen LogP contribution >= 0.6 is 12.4 Å². The zero-order valence-corrected chi connectivity index (χ0v) is 13.5. The Bertz CT molecular complexity index is 621. The van der Waals surface area contributed by atoms with Gasteiger partial charge in [-0.3, -0.25) is 0 Å². The molecule has 0 spiro atoms. The van der Waals surface area contributed by atoms with Crippen molar-refractivity contribution in [1.29, 1.82) is 0 Å². The Hall–Kier alpha value is -1.85. The Labute approximate surface area is 141 Å². The number of benzene rings is 1. The van der Waals surface area contributed by atoms with E-state index in [1.807, 2.05) is 18.2 Å². The van der Waals surface area contributed by atoms with Gasteiger partial charge < -0.3 is 14.8 Å². The second-order valence-corrected chi connectivity index (χ2v) is 5.30. The minimum absolute atomic E-state index is 0. The Morgan fingerprint density at radius 3 is 2.61 bits per heavy atom. The summed E-state index contributed by atoms with van der Waals surface area (Å²) in [6.45, 7) is 2.22. The average Bonchev–Trinajstić information content (AvgIpc) is 2.54. The van der Waals surface area contributed by atoms with Crippen molar-refractivity contribution in [3.05, 3.63) is 53.8 Å². The highest BCUT2D eigenvalue weighted by atomic mass is 35.5. The summed E-state index contributed by atoms with van der Waals surface area (Å²) in [5, 5.41) is 3.30. The number of piperidine rings is 1. The van der Waals surface area contributed by atoms with Crippen molar-refractivity contribution < 1.29 is 13.9 Å². The molecule has 0 amide bonds. The monoisotopic (exact) mass is 338 g/mol. The highest BCUT2D eigenvalue weighted by molar-refractivity contribution is 5.85. The summed E-state index contributed by atoms with van der Waals surface area (Å²) >= 11 is 0. The first kappa shape index (κ1) is 17.5. The third-order valence-corrected chi connectivity index (χ3v) is 3.55. The number of rotatable bonds is 5. The number of nitrogens with one attached hydrogen (secondary N) is 1. The van der Waals surface area contributed by atoms with Crippen LogP contribution in [-0.2, 0) is 6.61 Å². The van der Waals surface area contributed by atoms with Gasteiger partial charge in [-0.05, 0) is 43.6 Å². The van der Waals surface area contributed by atoms with Gasteiger partial charge in [0.25, 0.3) is 0 Å². The van der Waals surface area contributed by atoms with Crippen molar-refractivity contribution in [2.24, 2.45) is 0 Å². The van der Waals surface area contributed by atoms with Crippen LogP contribution in [0.15, 0.2) is 42.5 Å². The van der Waals surface area contributed by atoms with Crippen LogP contribution in [0.3, 0.4) is 0 Å². The van der Waals surface area contributed by atoms with Gasteiger partial charge >= 0.3 is 0 Å². The maximum absolute atomic E-state index is 13.1. The van der Waals surface area contributed by atoms with Crippen molar-refractivity contribution in [3.63, 3.8) is 0 Å². The maximum atomic E-state index is 13.1. The number of aromatic nitrogens is 1. The van der Waals surface area contributed by atoms with Gasteiger partial charge in [-0.25, -0.2) is 4.39 Å². The topological polar surface area (TPSA) is 43.4 Å². The number of hydrogen-bond donors (Lipinski definition) is 1. The molecule has 6 heteroatoms. The Morgan fingerprint density at radius 1 is 1.09 bits per heavy atom. The van der Waals surface area contributed by atoms with Crippen LogP contribution in [0.2, 0.25) is 0 Å². The molecule has 0 atom stereocenters. The van der Waals surface area contributed by atoms with Crippen molar-refractivity contribution in [2.75, 3.05) is 13.1 Å². The van der Waals surface area contributed by atoms with Gasteiger partial charge in [0.15, 0.2) is 0 Å². The molecule has 124 valence electrons. The molecule has 0 radical (unpaired) electrons. The number of ether oxygens (including phenoxy) is 2. The molecule has 0 aliphatic carbocycles. The second-order valence-electron chi connectivity index (χ2n) is 5.30. The summed E-state index contributed by atoms with van der Waals surface area (Å²) < 4.78 is 24.6.